The van der Waals surface area contributed by atoms with Crippen molar-refractivity contribution in [1.29, 1.82) is 0 Å². The van der Waals surface area contributed by atoms with Crippen molar-refractivity contribution >= 4 is 17.3 Å². The summed E-state index contributed by atoms with van der Waals surface area (Å²) in [4.78, 5) is 11.6. The van der Waals surface area contributed by atoms with Gasteiger partial charge in [0.25, 0.3) is 0 Å². The molecule has 0 spiro atoms. The standard InChI is InChI=1S/C22H20N2O5/c1-14(25)24-19-11-22-21(27-13-28-22)10-15(19)12-23-18-4-2-3-5-20(18)29-17-8-6-16(26)7-9-17/h2-11,23,26H,12-13H2,1H3,(H,24,25). The fourth-order valence-electron chi connectivity index (χ4n) is 2.97. The summed E-state index contributed by atoms with van der Waals surface area (Å²) in [7, 11) is 0. The maximum Gasteiger partial charge on any atom is 0.231 e. The van der Waals surface area contributed by atoms with Crippen LogP contribution in [0.5, 0.6) is 28.7 Å². The van der Waals surface area contributed by atoms with Crippen molar-refractivity contribution in [2.75, 3.05) is 17.4 Å². The first-order valence-electron chi connectivity index (χ1n) is 9.08. The van der Waals surface area contributed by atoms with Gasteiger partial charge in [-0.05, 0) is 48.0 Å². The summed E-state index contributed by atoms with van der Waals surface area (Å²) in [5.74, 6) is 2.51. The molecule has 0 bridgehead atoms. The van der Waals surface area contributed by atoms with Crippen LogP contribution in [0, 0.1) is 0 Å². The Bertz CT molecular complexity index is 1030. The van der Waals surface area contributed by atoms with E-state index in [1.807, 2.05) is 30.3 Å². The highest BCUT2D eigenvalue weighted by molar-refractivity contribution is 5.90. The van der Waals surface area contributed by atoms with Crippen LogP contribution in [0.2, 0.25) is 0 Å². The zero-order valence-corrected chi connectivity index (χ0v) is 15.8. The number of amides is 1. The molecule has 1 heterocycles. The van der Waals surface area contributed by atoms with Gasteiger partial charge < -0.3 is 30.0 Å². The first kappa shape index (κ1) is 18.5. The molecule has 3 N–H and O–H groups in total. The Morgan fingerprint density at radius 2 is 1.76 bits per heavy atom. The summed E-state index contributed by atoms with van der Waals surface area (Å²) in [6.07, 6.45) is 0. The third kappa shape index (κ3) is 4.35. The van der Waals surface area contributed by atoms with Crippen LogP contribution in [-0.4, -0.2) is 17.8 Å². The van der Waals surface area contributed by atoms with Crippen LogP contribution in [0.1, 0.15) is 12.5 Å². The van der Waals surface area contributed by atoms with Gasteiger partial charge in [0.15, 0.2) is 17.2 Å². The number of hydrogen-bond donors (Lipinski definition) is 3. The average Bonchev–Trinajstić information content (AvgIpc) is 3.15. The Morgan fingerprint density at radius 3 is 2.52 bits per heavy atom. The van der Waals surface area contributed by atoms with E-state index in [1.165, 1.54) is 6.92 Å². The monoisotopic (exact) mass is 392 g/mol. The van der Waals surface area contributed by atoms with Crippen LogP contribution in [0.15, 0.2) is 60.7 Å². The van der Waals surface area contributed by atoms with E-state index >= 15 is 0 Å². The first-order valence-corrected chi connectivity index (χ1v) is 9.08. The lowest BCUT2D eigenvalue weighted by atomic mass is 10.1. The van der Waals surface area contributed by atoms with Gasteiger partial charge >= 0.3 is 0 Å². The van der Waals surface area contributed by atoms with Crippen LogP contribution in [0.3, 0.4) is 0 Å². The van der Waals surface area contributed by atoms with Gasteiger partial charge in [0.05, 0.1) is 5.69 Å². The topological polar surface area (TPSA) is 89.1 Å². The Morgan fingerprint density at radius 1 is 1.03 bits per heavy atom. The molecule has 1 aliphatic heterocycles. The van der Waals surface area contributed by atoms with Crippen molar-refractivity contribution in [1.82, 2.24) is 0 Å². The number of hydrogen-bond acceptors (Lipinski definition) is 6. The van der Waals surface area contributed by atoms with E-state index in [0.29, 0.717) is 35.2 Å². The molecular weight excluding hydrogens is 372 g/mol. The number of rotatable bonds is 6. The van der Waals surface area contributed by atoms with Gasteiger partial charge in [-0.15, -0.1) is 0 Å². The molecule has 148 valence electrons. The maximum atomic E-state index is 11.6. The van der Waals surface area contributed by atoms with E-state index in [1.54, 1.807) is 30.3 Å². The lowest BCUT2D eigenvalue weighted by molar-refractivity contribution is -0.114. The number of para-hydroxylation sites is 2. The summed E-state index contributed by atoms with van der Waals surface area (Å²) in [6, 6.07) is 17.7. The smallest absolute Gasteiger partial charge is 0.231 e. The highest BCUT2D eigenvalue weighted by Crippen LogP contribution is 2.38. The van der Waals surface area contributed by atoms with Crippen molar-refractivity contribution in [3.8, 4) is 28.7 Å². The fourth-order valence-corrected chi connectivity index (χ4v) is 2.97. The molecule has 0 aliphatic carbocycles. The number of nitrogens with one attached hydrogen (secondary N) is 2. The SMILES string of the molecule is CC(=O)Nc1cc2c(cc1CNc1ccccc1Oc1ccc(O)cc1)OCO2. The van der Waals surface area contributed by atoms with E-state index in [4.69, 9.17) is 14.2 Å². The van der Waals surface area contributed by atoms with E-state index < -0.39 is 0 Å². The molecule has 4 rings (SSSR count). The summed E-state index contributed by atoms with van der Waals surface area (Å²) < 4.78 is 16.8. The van der Waals surface area contributed by atoms with Crippen molar-refractivity contribution in [3.05, 3.63) is 66.2 Å². The second kappa shape index (κ2) is 8.02. The number of benzene rings is 3. The van der Waals surface area contributed by atoms with Gasteiger partial charge in [0, 0.05) is 25.2 Å². The zero-order chi connectivity index (χ0) is 20.2. The number of fused-ring (bicyclic) bond motifs is 1. The lowest BCUT2D eigenvalue weighted by Gasteiger charge is -2.15. The molecule has 29 heavy (non-hydrogen) atoms. The van der Waals surface area contributed by atoms with E-state index in [-0.39, 0.29) is 18.4 Å². The van der Waals surface area contributed by atoms with Gasteiger partial charge in [-0.1, -0.05) is 12.1 Å². The van der Waals surface area contributed by atoms with Crippen LogP contribution >= 0.6 is 0 Å². The van der Waals surface area contributed by atoms with Crippen LogP contribution < -0.4 is 24.8 Å². The molecule has 0 atom stereocenters. The molecule has 0 radical (unpaired) electrons. The highest BCUT2D eigenvalue weighted by atomic mass is 16.7. The fraction of sp³-hybridized carbons (Fsp3) is 0.136. The number of ether oxygens (including phenoxy) is 3. The lowest BCUT2D eigenvalue weighted by Crippen LogP contribution is -2.10. The van der Waals surface area contributed by atoms with E-state index in [0.717, 1.165) is 11.3 Å². The van der Waals surface area contributed by atoms with Crippen LogP contribution in [0.4, 0.5) is 11.4 Å². The van der Waals surface area contributed by atoms with Gasteiger partial charge in [-0.3, -0.25) is 4.79 Å². The molecule has 7 heteroatoms. The molecule has 7 nitrogen and oxygen atoms in total. The second-order valence-electron chi connectivity index (χ2n) is 6.49. The number of carbonyl (C=O) groups is 1. The molecule has 1 amide bonds. The molecule has 3 aromatic carbocycles. The second-order valence-corrected chi connectivity index (χ2v) is 6.49. The third-order valence-electron chi connectivity index (χ3n) is 4.33. The first-order chi connectivity index (χ1) is 14.1. The van der Waals surface area contributed by atoms with Gasteiger partial charge in [-0.2, -0.15) is 0 Å². The Balaban J connectivity index is 1.55. The zero-order valence-electron chi connectivity index (χ0n) is 15.8. The minimum Gasteiger partial charge on any atom is -0.508 e. The maximum absolute atomic E-state index is 11.6. The largest absolute Gasteiger partial charge is 0.508 e. The van der Waals surface area contributed by atoms with Gasteiger partial charge in [-0.25, -0.2) is 0 Å². The summed E-state index contributed by atoms with van der Waals surface area (Å²) in [6.45, 7) is 2.06. The number of carbonyl (C=O) groups excluding carboxylic acids is 1. The Hall–Kier alpha value is -3.87. The molecule has 0 saturated carbocycles. The van der Waals surface area contributed by atoms with Crippen LogP contribution in [-0.2, 0) is 11.3 Å². The predicted molar refractivity (Wildman–Crippen MR) is 109 cm³/mol. The number of anilines is 2. The minimum absolute atomic E-state index is 0.162. The van der Waals surface area contributed by atoms with Crippen molar-refractivity contribution in [2.24, 2.45) is 0 Å². The summed E-state index contributed by atoms with van der Waals surface area (Å²) in [5.41, 5.74) is 2.29. The normalized spacial score (nSPS) is 11.8. The predicted octanol–water partition coefficient (Wildman–Crippen LogP) is 4.48. The molecule has 3 aromatic rings. The van der Waals surface area contributed by atoms with Crippen LogP contribution in [0.25, 0.3) is 0 Å². The number of phenolic OH excluding ortho intramolecular Hbond substituents is 1. The van der Waals surface area contributed by atoms with E-state index in [2.05, 4.69) is 10.6 Å². The van der Waals surface area contributed by atoms with Crippen molar-refractivity contribution < 1.29 is 24.1 Å². The molecule has 0 aromatic heterocycles. The highest BCUT2D eigenvalue weighted by Gasteiger charge is 2.18. The molecular formula is C22H20N2O5. The molecule has 1 aliphatic rings. The average molecular weight is 392 g/mol. The summed E-state index contributed by atoms with van der Waals surface area (Å²) in [5, 5.41) is 15.6. The third-order valence-corrected chi connectivity index (χ3v) is 4.33. The van der Waals surface area contributed by atoms with Crippen molar-refractivity contribution in [3.63, 3.8) is 0 Å². The molecule has 0 saturated heterocycles. The molecule has 0 unspecified atom stereocenters. The quantitative estimate of drug-likeness (QED) is 0.573. The van der Waals surface area contributed by atoms with Gasteiger partial charge in [0.2, 0.25) is 12.7 Å². The summed E-state index contributed by atoms with van der Waals surface area (Å²) >= 11 is 0. The van der Waals surface area contributed by atoms with E-state index in [9.17, 15) is 9.90 Å². The number of phenols is 1. The molecule has 0 fully saturated rings. The Kier molecular flexibility index (Phi) is 5.11. The van der Waals surface area contributed by atoms with Gasteiger partial charge in [0.1, 0.15) is 11.5 Å². The minimum atomic E-state index is -0.166. The number of aromatic hydroxyl groups is 1. The Labute approximate surface area is 167 Å². The van der Waals surface area contributed by atoms with Crippen molar-refractivity contribution in [2.45, 2.75) is 13.5 Å².